The van der Waals surface area contributed by atoms with Crippen molar-refractivity contribution >= 4 is 0 Å². The van der Waals surface area contributed by atoms with Crippen LogP contribution >= 0.6 is 0 Å². The van der Waals surface area contributed by atoms with Crippen molar-refractivity contribution in [2.45, 2.75) is 26.3 Å². The fourth-order valence-electron chi connectivity index (χ4n) is 0.106. The molecule has 0 aromatic heterocycles. The van der Waals surface area contributed by atoms with Gasteiger partial charge in [-0.15, -0.1) is 0 Å². The van der Waals surface area contributed by atoms with E-state index in [1.165, 1.54) is 0 Å². The molecule has 0 aliphatic heterocycles. The van der Waals surface area contributed by atoms with E-state index in [0.717, 1.165) is 0 Å². The quantitative estimate of drug-likeness (QED) is 0.713. The number of hydrogen-bond donors (Lipinski definition) is 1. The topological polar surface area (TPSA) is 24.4 Å². The maximum atomic E-state index is 3.73. The number of hydrogen-bond acceptors (Lipinski definition) is 2. The normalized spacial score (nSPS) is 11.6. The van der Waals surface area contributed by atoms with Crippen LogP contribution in [-0.2, 0) is 19.6 Å². The van der Waals surface area contributed by atoms with Crippen LogP contribution in [0.4, 0.5) is 0 Å². The van der Waals surface area contributed by atoms with Gasteiger partial charge in [-0.25, -0.2) is 0 Å². The Kier molecular flexibility index (Phi) is 2.85. The minimum atomic E-state index is 0.127. The van der Waals surface area contributed by atoms with E-state index in [4.69, 9.17) is 0 Å². The van der Waals surface area contributed by atoms with E-state index in [2.05, 4.69) is 29.8 Å². The van der Waals surface area contributed by atoms with E-state index in [9.17, 15) is 0 Å². The molecule has 3 heteroatoms. The Balaban J connectivity index is 3.34. The van der Waals surface area contributed by atoms with Gasteiger partial charge in [-0.2, -0.15) is 0 Å². The summed E-state index contributed by atoms with van der Waals surface area (Å²) in [5, 5.41) is 0. The minimum absolute atomic E-state index is 0.127. The van der Waals surface area contributed by atoms with Crippen molar-refractivity contribution in [1.29, 1.82) is 0 Å². The summed E-state index contributed by atoms with van der Waals surface area (Å²) in [4.78, 5) is 0. The summed E-state index contributed by atoms with van der Waals surface area (Å²) in [5.74, 6) is 0. The number of rotatable bonds is 1. The van der Waals surface area contributed by atoms with Gasteiger partial charge in [0.2, 0.25) is 0 Å². The van der Waals surface area contributed by atoms with Gasteiger partial charge < -0.3 is 0 Å². The Bertz CT molecular complexity index is 64.6. The molecule has 0 bridgehead atoms. The second kappa shape index (κ2) is 2.68. The molecule has 0 rings (SSSR count). The summed E-state index contributed by atoms with van der Waals surface area (Å²) in [7, 11) is 0. The zero-order chi connectivity index (χ0) is 5.91. The Hall–Kier alpha value is 0.448. The van der Waals surface area contributed by atoms with Crippen molar-refractivity contribution in [2.75, 3.05) is 0 Å². The van der Waals surface area contributed by atoms with Gasteiger partial charge in [-0.05, 0) is 0 Å². The Morgan fingerprint density at radius 2 is 1.86 bits per heavy atom. The first-order valence-electron chi connectivity index (χ1n) is 2.12. The molecule has 0 unspecified atom stereocenters. The van der Waals surface area contributed by atoms with E-state index >= 15 is 0 Å². The summed E-state index contributed by atoms with van der Waals surface area (Å²) in [6, 6.07) is 0. The Morgan fingerprint density at radius 3 is 1.86 bits per heavy atom. The molecule has 1 N–H and O–H groups in total. The summed E-state index contributed by atoms with van der Waals surface area (Å²) in [6.07, 6.45) is 0. The van der Waals surface area contributed by atoms with Gasteiger partial charge in [0.25, 0.3) is 0 Å². The molecule has 0 aliphatic carbocycles. The predicted octanol–water partition coefficient (Wildman–Crippen LogP) is 1.02. The molecule has 7 heavy (non-hydrogen) atoms. The third kappa shape index (κ3) is 6.45. The predicted molar refractivity (Wildman–Crippen MR) is 25.3 cm³/mol. The Morgan fingerprint density at radius 1 is 1.43 bits per heavy atom. The van der Waals surface area contributed by atoms with Crippen molar-refractivity contribution in [1.82, 2.24) is 5.43 Å². The molecule has 0 radical (unpaired) electrons. The molecule has 0 saturated carbocycles. The first-order chi connectivity index (χ1) is 3.06. The van der Waals surface area contributed by atoms with E-state index in [0.29, 0.717) is 0 Å². The zero-order valence-electron chi connectivity index (χ0n) is 4.76. The molecule has 0 saturated heterocycles. The van der Waals surface area contributed by atoms with Crippen LogP contribution in [0.2, 0.25) is 0 Å². The van der Waals surface area contributed by atoms with Gasteiger partial charge in [0.05, 0.1) is 0 Å². The molecule has 46 valence electrons. The van der Waals surface area contributed by atoms with Crippen LogP contribution < -0.4 is 5.43 Å². The molecule has 0 aliphatic rings. The molecule has 0 amide bonds. The fraction of sp³-hybridized carbons (Fsp3) is 1.00. The monoisotopic (exact) mass is 281 g/mol. The van der Waals surface area contributed by atoms with Crippen molar-refractivity contribution < 1.29 is 19.6 Å². The van der Waals surface area contributed by atoms with Crippen LogP contribution in [0.15, 0.2) is 3.60 Å². The SMILES string of the molecule is CC(C)(C)N[N]=[Pt]. The van der Waals surface area contributed by atoms with E-state index in [1.807, 2.05) is 19.6 Å². The van der Waals surface area contributed by atoms with Gasteiger partial charge >= 0.3 is 55.0 Å². The van der Waals surface area contributed by atoms with Crippen molar-refractivity contribution in [3.63, 3.8) is 0 Å². The van der Waals surface area contributed by atoms with Crippen molar-refractivity contribution in [3.05, 3.63) is 0 Å². The van der Waals surface area contributed by atoms with Crippen LogP contribution in [0.3, 0.4) is 0 Å². The fourth-order valence-corrected chi connectivity index (χ4v) is 0.868. The third-order valence-corrected chi connectivity index (χ3v) is 0.625. The first-order valence-corrected chi connectivity index (χ1v) is 3.13. The molecule has 0 atom stereocenters. The van der Waals surface area contributed by atoms with Crippen molar-refractivity contribution in [2.24, 2.45) is 3.60 Å². The number of nitrogens with one attached hydrogen (secondary N) is 1. The second-order valence-corrected chi connectivity index (χ2v) is 2.94. The molecular formula is C4H10N2Pt. The summed E-state index contributed by atoms with van der Waals surface area (Å²) < 4.78 is 3.73. The van der Waals surface area contributed by atoms with Crippen LogP contribution in [0.25, 0.3) is 0 Å². The zero-order valence-corrected chi connectivity index (χ0v) is 7.04. The molecule has 0 fully saturated rings. The molecule has 0 spiro atoms. The van der Waals surface area contributed by atoms with Crippen molar-refractivity contribution in [3.8, 4) is 0 Å². The van der Waals surface area contributed by atoms with Crippen LogP contribution in [0.1, 0.15) is 20.8 Å². The number of nitrogens with zero attached hydrogens (tertiary/aromatic N) is 1. The van der Waals surface area contributed by atoms with Gasteiger partial charge in [0, 0.05) is 0 Å². The van der Waals surface area contributed by atoms with E-state index in [-0.39, 0.29) is 5.54 Å². The average Bonchev–Trinajstić information content (AvgIpc) is 1.30. The molecule has 2 nitrogen and oxygen atoms in total. The third-order valence-electron chi connectivity index (χ3n) is 0.371. The van der Waals surface area contributed by atoms with Gasteiger partial charge in [-0.3, -0.25) is 0 Å². The average molecular weight is 281 g/mol. The molecular weight excluding hydrogens is 271 g/mol. The van der Waals surface area contributed by atoms with E-state index in [1.54, 1.807) is 0 Å². The van der Waals surface area contributed by atoms with Crippen LogP contribution in [0, 0.1) is 0 Å². The molecule has 0 aromatic carbocycles. The van der Waals surface area contributed by atoms with Gasteiger partial charge in [0.1, 0.15) is 0 Å². The maximum absolute atomic E-state index is 3.73. The standard InChI is InChI=1S/C4H10N2.Pt/c1-4(2,3)6-5;/h6H,1-3H3;. The molecule has 0 heterocycles. The first kappa shape index (κ1) is 7.45. The second-order valence-electron chi connectivity index (χ2n) is 2.43. The van der Waals surface area contributed by atoms with Crippen LogP contribution in [-0.4, -0.2) is 5.54 Å². The van der Waals surface area contributed by atoms with Gasteiger partial charge in [0.15, 0.2) is 0 Å². The molecule has 0 aromatic rings. The van der Waals surface area contributed by atoms with Gasteiger partial charge in [-0.1, -0.05) is 0 Å². The Labute approximate surface area is 55.4 Å². The summed E-state index contributed by atoms with van der Waals surface area (Å²) >= 11 is 1.91. The summed E-state index contributed by atoms with van der Waals surface area (Å²) in [5.41, 5.74) is 3.02. The van der Waals surface area contributed by atoms with E-state index < -0.39 is 0 Å². The summed E-state index contributed by atoms with van der Waals surface area (Å²) in [6.45, 7) is 6.20. The van der Waals surface area contributed by atoms with Crippen LogP contribution in [0.5, 0.6) is 0 Å².